The molecule has 2 aromatic rings. The van der Waals surface area contributed by atoms with Gasteiger partial charge in [0.2, 0.25) is 5.91 Å². The standard InChI is InChI=1S/C14H14N4O2S/c1-8(10-5-15-16-6-10)17-14(20)9-2-3-12-11(4-9)18-13(19)7-21-12/h2-6,8H,7H2,1H3,(H,15,16)(H,17,20)(H,18,19). The number of anilines is 1. The van der Waals surface area contributed by atoms with Gasteiger partial charge in [-0.15, -0.1) is 11.8 Å². The number of aromatic nitrogens is 2. The minimum absolute atomic E-state index is 0.0446. The Morgan fingerprint density at radius 2 is 2.33 bits per heavy atom. The summed E-state index contributed by atoms with van der Waals surface area (Å²) in [4.78, 5) is 24.6. The van der Waals surface area contributed by atoms with Crippen LogP contribution in [0.1, 0.15) is 28.9 Å². The predicted molar refractivity (Wildman–Crippen MR) is 80.3 cm³/mol. The first-order chi connectivity index (χ1) is 10.1. The number of carbonyl (C=O) groups is 2. The van der Waals surface area contributed by atoms with Crippen molar-refractivity contribution < 1.29 is 9.59 Å². The molecule has 0 radical (unpaired) electrons. The smallest absolute Gasteiger partial charge is 0.251 e. The number of H-pyrrole nitrogens is 1. The van der Waals surface area contributed by atoms with Gasteiger partial charge < -0.3 is 10.6 Å². The lowest BCUT2D eigenvalue weighted by Gasteiger charge is -2.18. The summed E-state index contributed by atoms with van der Waals surface area (Å²) < 4.78 is 0. The Hall–Kier alpha value is -2.28. The lowest BCUT2D eigenvalue weighted by atomic mass is 10.1. The number of aromatic amines is 1. The molecule has 0 bridgehead atoms. The molecule has 3 N–H and O–H groups in total. The molecule has 1 aromatic carbocycles. The Morgan fingerprint density at radius 3 is 3.10 bits per heavy atom. The Bertz CT molecular complexity index is 684. The molecular formula is C14H14N4O2S. The molecule has 6 nitrogen and oxygen atoms in total. The van der Waals surface area contributed by atoms with Gasteiger partial charge in [-0.2, -0.15) is 5.10 Å². The fraction of sp³-hybridized carbons (Fsp3) is 0.214. The van der Waals surface area contributed by atoms with Crippen molar-refractivity contribution in [1.82, 2.24) is 15.5 Å². The number of nitrogens with one attached hydrogen (secondary N) is 3. The van der Waals surface area contributed by atoms with E-state index >= 15 is 0 Å². The van der Waals surface area contributed by atoms with E-state index < -0.39 is 0 Å². The van der Waals surface area contributed by atoms with Crippen LogP contribution in [-0.4, -0.2) is 27.8 Å². The van der Waals surface area contributed by atoms with Crippen LogP contribution in [0.25, 0.3) is 0 Å². The average Bonchev–Trinajstić information content (AvgIpc) is 3.00. The largest absolute Gasteiger partial charge is 0.345 e. The highest BCUT2D eigenvalue weighted by atomic mass is 32.2. The van der Waals surface area contributed by atoms with Crippen LogP contribution in [0, 0.1) is 0 Å². The maximum Gasteiger partial charge on any atom is 0.251 e. The Balaban J connectivity index is 1.76. The van der Waals surface area contributed by atoms with Crippen LogP contribution in [-0.2, 0) is 4.79 Å². The van der Waals surface area contributed by atoms with Crippen molar-refractivity contribution in [3.05, 3.63) is 41.7 Å². The molecule has 1 aromatic heterocycles. The third kappa shape index (κ3) is 2.92. The molecule has 0 aliphatic carbocycles. The van der Waals surface area contributed by atoms with E-state index in [1.165, 1.54) is 11.8 Å². The van der Waals surface area contributed by atoms with Crippen molar-refractivity contribution in [3.8, 4) is 0 Å². The highest BCUT2D eigenvalue weighted by molar-refractivity contribution is 8.00. The number of benzene rings is 1. The number of rotatable bonds is 3. The van der Waals surface area contributed by atoms with Gasteiger partial charge >= 0.3 is 0 Å². The Kier molecular flexibility index (Phi) is 3.66. The summed E-state index contributed by atoms with van der Waals surface area (Å²) in [5.41, 5.74) is 2.12. The molecule has 108 valence electrons. The maximum absolute atomic E-state index is 12.3. The van der Waals surface area contributed by atoms with Crippen molar-refractivity contribution in [1.29, 1.82) is 0 Å². The number of hydrogen-bond acceptors (Lipinski definition) is 4. The van der Waals surface area contributed by atoms with E-state index in [9.17, 15) is 9.59 Å². The molecular weight excluding hydrogens is 288 g/mol. The van der Waals surface area contributed by atoms with Crippen LogP contribution >= 0.6 is 11.8 Å². The summed E-state index contributed by atoms with van der Waals surface area (Å²) in [6, 6.07) is 5.19. The number of amides is 2. The quantitative estimate of drug-likeness (QED) is 0.808. The molecule has 21 heavy (non-hydrogen) atoms. The molecule has 2 heterocycles. The molecule has 0 fully saturated rings. The van der Waals surface area contributed by atoms with Gasteiger partial charge in [0.1, 0.15) is 0 Å². The van der Waals surface area contributed by atoms with E-state index in [2.05, 4.69) is 20.8 Å². The third-order valence-corrected chi connectivity index (χ3v) is 4.32. The maximum atomic E-state index is 12.3. The fourth-order valence-corrected chi connectivity index (χ4v) is 2.87. The molecule has 0 saturated carbocycles. The lowest BCUT2D eigenvalue weighted by Crippen LogP contribution is -2.27. The second-order valence-corrected chi connectivity index (χ2v) is 5.79. The minimum atomic E-state index is -0.184. The van der Waals surface area contributed by atoms with Crippen molar-refractivity contribution >= 4 is 29.3 Å². The molecule has 0 spiro atoms. The highest BCUT2D eigenvalue weighted by Crippen LogP contribution is 2.32. The SMILES string of the molecule is CC(NC(=O)c1ccc2c(c1)NC(=O)CS2)c1cn[nH]c1. The summed E-state index contributed by atoms with van der Waals surface area (Å²) in [7, 11) is 0. The summed E-state index contributed by atoms with van der Waals surface area (Å²) in [5, 5.41) is 12.3. The predicted octanol–water partition coefficient (Wildman–Crippen LogP) is 1.94. The Labute approximate surface area is 125 Å². The van der Waals surface area contributed by atoms with Crippen LogP contribution in [0.5, 0.6) is 0 Å². The molecule has 0 saturated heterocycles. The molecule has 1 unspecified atom stereocenters. The van der Waals surface area contributed by atoms with E-state index in [1.807, 2.05) is 13.0 Å². The summed E-state index contributed by atoms with van der Waals surface area (Å²) in [6.07, 6.45) is 3.42. The van der Waals surface area contributed by atoms with E-state index in [1.54, 1.807) is 24.5 Å². The monoisotopic (exact) mass is 302 g/mol. The Morgan fingerprint density at radius 1 is 1.48 bits per heavy atom. The third-order valence-electron chi connectivity index (χ3n) is 3.24. The first kappa shape index (κ1) is 13.7. The zero-order chi connectivity index (χ0) is 14.8. The molecule has 3 rings (SSSR count). The van der Waals surface area contributed by atoms with E-state index in [-0.39, 0.29) is 17.9 Å². The molecule has 1 atom stereocenters. The lowest BCUT2D eigenvalue weighted by molar-refractivity contribution is -0.113. The molecule has 1 aliphatic heterocycles. The number of hydrogen-bond donors (Lipinski definition) is 3. The van der Waals surface area contributed by atoms with Crippen molar-refractivity contribution in [3.63, 3.8) is 0 Å². The van der Waals surface area contributed by atoms with Crippen molar-refractivity contribution in [2.45, 2.75) is 17.9 Å². The van der Waals surface area contributed by atoms with Gasteiger partial charge in [0.25, 0.3) is 5.91 Å². The van der Waals surface area contributed by atoms with Gasteiger partial charge in [-0.3, -0.25) is 14.7 Å². The molecule has 2 amide bonds. The normalized spacial score (nSPS) is 15.0. The number of nitrogens with zero attached hydrogens (tertiary/aromatic N) is 1. The van der Waals surface area contributed by atoms with Crippen LogP contribution in [0.15, 0.2) is 35.5 Å². The summed E-state index contributed by atoms with van der Waals surface area (Å²) >= 11 is 1.47. The highest BCUT2D eigenvalue weighted by Gasteiger charge is 2.18. The first-order valence-corrected chi connectivity index (χ1v) is 7.48. The van der Waals surface area contributed by atoms with E-state index in [0.717, 1.165) is 10.5 Å². The first-order valence-electron chi connectivity index (χ1n) is 6.50. The van der Waals surface area contributed by atoms with Gasteiger partial charge in [0, 0.05) is 22.2 Å². The van der Waals surface area contributed by atoms with Crippen molar-refractivity contribution in [2.24, 2.45) is 0 Å². The van der Waals surface area contributed by atoms with E-state index in [0.29, 0.717) is 17.0 Å². The van der Waals surface area contributed by atoms with Gasteiger partial charge in [-0.1, -0.05) is 0 Å². The van der Waals surface area contributed by atoms with Gasteiger partial charge in [-0.05, 0) is 25.1 Å². The second kappa shape index (κ2) is 5.61. The average molecular weight is 302 g/mol. The van der Waals surface area contributed by atoms with Gasteiger partial charge in [0.15, 0.2) is 0 Å². The molecule has 1 aliphatic rings. The minimum Gasteiger partial charge on any atom is -0.345 e. The summed E-state index contributed by atoms with van der Waals surface area (Å²) in [6.45, 7) is 1.89. The second-order valence-electron chi connectivity index (χ2n) is 4.77. The van der Waals surface area contributed by atoms with Crippen LogP contribution < -0.4 is 10.6 Å². The van der Waals surface area contributed by atoms with Crippen molar-refractivity contribution in [2.75, 3.05) is 11.1 Å². The van der Waals surface area contributed by atoms with Crippen LogP contribution in [0.3, 0.4) is 0 Å². The van der Waals surface area contributed by atoms with Gasteiger partial charge in [0.05, 0.1) is 23.7 Å². The van der Waals surface area contributed by atoms with E-state index in [4.69, 9.17) is 0 Å². The fourth-order valence-electron chi connectivity index (χ4n) is 2.09. The number of thioether (sulfide) groups is 1. The number of fused-ring (bicyclic) bond motifs is 1. The zero-order valence-corrected chi connectivity index (χ0v) is 12.2. The van der Waals surface area contributed by atoms with Gasteiger partial charge in [-0.25, -0.2) is 0 Å². The van der Waals surface area contributed by atoms with Crippen LogP contribution in [0.4, 0.5) is 5.69 Å². The topological polar surface area (TPSA) is 86.9 Å². The summed E-state index contributed by atoms with van der Waals surface area (Å²) in [5.74, 6) is 0.184. The zero-order valence-electron chi connectivity index (χ0n) is 11.3. The number of carbonyl (C=O) groups excluding carboxylic acids is 2. The molecule has 7 heteroatoms. The van der Waals surface area contributed by atoms with Crippen LogP contribution in [0.2, 0.25) is 0 Å².